The number of carbonyl (C=O) groups is 3. The van der Waals surface area contributed by atoms with Gasteiger partial charge in [0.05, 0.1) is 0 Å². The second kappa shape index (κ2) is 51.5. The molecule has 0 bridgehead atoms. The van der Waals surface area contributed by atoms with E-state index in [1.807, 2.05) is 0 Å². The van der Waals surface area contributed by atoms with E-state index >= 15 is 0 Å². The van der Waals surface area contributed by atoms with Gasteiger partial charge in [-0.15, -0.1) is 0 Å². The van der Waals surface area contributed by atoms with E-state index in [0.29, 0.717) is 19.3 Å². The van der Waals surface area contributed by atoms with Crippen LogP contribution in [-0.4, -0.2) is 37.2 Å². The lowest BCUT2D eigenvalue weighted by Gasteiger charge is -2.18. The molecular formula is C57H98O6. The number of hydrogen-bond acceptors (Lipinski definition) is 6. The summed E-state index contributed by atoms with van der Waals surface area (Å²) in [6, 6.07) is 0. The maximum atomic E-state index is 12.8. The lowest BCUT2D eigenvalue weighted by Crippen LogP contribution is -2.30. The number of esters is 3. The minimum absolute atomic E-state index is 0.0884. The number of hydrogen-bond donors (Lipinski definition) is 0. The van der Waals surface area contributed by atoms with Crippen molar-refractivity contribution in [2.24, 2.45) is 0 Å². The van der Waals surface area contributed by atoms with E-state index in [0.717, 1.165) is 109 Å². The first-order valence-electron chi connectivity index (χ1n) is 26.4. The van der Waals surface area contributed by atoms with Crippen LogP contribution in [-0.2, 0) is 28.6 Å². The summed E-state index contributed by atoms with van der Waals surface area (Å²) in [5.41, 5.74) is 0. The largest absolute Gasteiger partial charge is 0.462 e. The zero-order valence-corrected chi connectivity index (χ0v) is 41.3. The Labute approximate surface area is 389 Å². The van der Waals surface area contributed by atoms with Gasteiger partial charge in [0.2, 0.25) is 0 Å². The normalized spacial score (nSPS) is 12.6. The van der Waals surface area contributed by atoms with Crippen molar-refractivity contribution in [2.45, 2.75) is 258 Å². The third-order valence-electron chi connectivity index (χ3n) is 11.2. The van der Waals surface area contributed by atoms with Crippen molar-refractivity contribution in [1.82, 2.24) is 0 Å². The monoisotopic (exact) mass is 879 g/mol. The van der Waals surface area contributed by atoms with Gasteiger partial charge >= 0.3 is 17.9 Å². The number of ether oxygens (including phenoxy) is 3. The van der Waals surface area contributed by atoms with E-state index in [1.54, 1.807) is 0 Å². The molecule has 0 aromatic rings. The average molecular weight is 879 g/mol. The topological polar surface area (TPSA) is 78.9 Å². The molecule has 0 aromatic carbocycles. The van der Waals surface area contributed by atoms with Gasteiger partial charge in [-0.1, -0.05) is 222 Å². The van der Waals surface area contributed by atoms with Gasteiger partial charge in [0, 0.05) is 19.3 Å². The highest BCUT2D eigenvalue weighted by Gasteiger charge is 2.19. The summed E-state index contributed by atoms with van der Waals surface area (Å²) in [7, 11) is 0. The molecule has 0 N–H and O–H groups in total. The predicted molar refractivity (Wildman–Crippen MR) is 270 cm³/mol. The number of rotatable bonds is 47. The molecule has 0 rings (SSSR count). The Balaban J connectivity index is 4.43. The van der Waals surface area contributed by atoms with E-state index in [4.69, 9.17) is 14.2 Å². The Bertz CT molecular complexity index is 1190. The van der Waals surface area contributed by atoms with Crippen LogP contribution >= 0.6 is 0 Å². The fraction of sp³-hybridized carbons (Fsp3) is 0.737. The minimum Gasteiger partial charge on any atom is -0.462 e. The van der Waals surface area contributed by atoms with E-state index < -0.39 is 6.10 Å². The van der Waals surface area contributed by atoms with Crippen molar-refractivity contribution in [1.29, 1.82) is 0 Å². The lowest BCUT2D eigenvalue weighted by atomic mass is 10.0. The van der Waals surface area contributed by atoms with Crippen LogP contribution in [0.25, 0.3) is 0 Å². The molecule has 0 fully saturated rings. The second-order valence-corrected chi connectivity index (χ2v) is 17.4. The van der Waals surface area contributed by atoms with Gasteiger partial charge in [-0.2, -0.15) is 0 Å². The Morgan fingerprint density at radius 2 is 0.619 bits per heavy atom. The van der Waals surface area contributed by atoms with Crippen LogP contribution in [0.3, 0.4) is 0 Å². The van der Waals surface area contributed by atoms with E-state index in [-0.39, 0.29) is 31.1 Å². The fourth-order valence-electron chi connectivity index (χ4n) is 7.29. The molecule has 0 spiro atoms. The highest BCUT2D eigenvalue weighted by atomic mass is 16.6. The Morgan fingerprint density at radius 3 is 0.984 bits per heavy atom. The Hall–Kier alpha value is -3.15. The van der Waals surface area contributed by atoms with Crippen LogP contribution in [0.5, 0.6) is 0 Å². The van der Waals surface area contributed by atoms with Gasteiger partial charge in [-0.25, -0.2) is 0 Å². The van der Waals surface area contributed by atoms with Crippen molar-refractivity contribution in [3.05, 3.63) is 72.9 Å². The van der Waals surface area contributed by atoms with Crippen molar-refractivity contribution >= 4 is 17.9 Å². The molecule has 0 aromatic heterocycles. The van der Waals surface area contributed by atoms with E-state index in [2.05, 4.69) is 93.7 Å². The molecule has 0 aliphatic rings. The molecule has 0 saturated carbocycles. The average Bonchev–Trinajstić information content (AvgIpc) is 3.28. The smallest absolute Gasteiger partial charge is 0.306 e. The van der Waals surface area contributed by atoms with E-state index in [1.165, 1.54) is 103 Å². The Kier molecular flexibility index (Phi) is 48.9. The summed E-state index contributed by atoms with van der Waals surface area (Å²) in [4.78, 5) is 38.0. The summed E-state index contributed by atoms with van der Waals surface area (Å²) >= 11 is 0. The molecule has 0 aliphatic carbocycles. The third-order valence-corrected chi connectivity index (χ3v) is 11.2. The number of allylic oxidation sites excluding steroid dienone is 12. The molecule has 0 radical (unpaired) electrons. The highest BCUT2D eigenvalue weighted by molar-refractivity contribution is 5.71. The van der Waals surface area contributed by atoms with Crippen LogP contribution in [0.4, 0.5) is 0 Å². The highest BCUT2D eigenvalue weighted by Crippen LogP contribution is 2.15. The molecule has 6 heteroatoms. The van der Waals surface area contributed by atoms with Crippen molar-refractivity contribution in [3.8, 4) is 0 Å². The molecular weight excluding hydrogens is 781 g/mol. The summed E-state index contributed by atoms with van der Waals surface area (Å²) in [6.45, 7) is 6.40. The van der Waals surface area contributed by atoms with Gasteiger partial charge in [0.1, 0.15) is 13.2 Å². The maximum Gasteiger partial charge on any atom is 0.306 e. The first kappa shape index (κ1) is 59.9. The van der Waals surface area contributed by atoms with E-state index in [9.17, 15) is 14.4 Å². The lowest BCUT2D eigenvalue weighted by molar-refractivity contribution is -0.167. The molecule has 362 valence electrons. The van der Waals surface area contributed by atoms with Crippen LogP contribution < -0.4 is 0 Å². The predicted octanol–water partition coefficient (Wildman–Crippen LogP) is 17.4. The van der Waals surface area contributed by atoms with Crippen LogP contribution in [0.15, 0.2) is 72.9 Å². The van der Waals surface area contributed by atoms with Gasteiger partial charge in [-0.3, -0.25) is 14.4 Å². The SMILES string of the molecule is CC/C=C\C/C=C\C/C=C\C/C=C\CCCCCC(=O)OCC(COC(=O)CCCCCCCCC/C=C\C/C=C\CC)OC(=O)CCCCCCCCCCCCCCCCC. The van der Waals surface area contributed by atoms with Crippen molar-refractivity contribution in [3.63, 3.8) is 0 Å². The molecule has 1 atom stereocenters. The van der Waals surface area contributed by atoms with Crippen molar-refractivity contribution in [2.75, 3.05) is 13.2 Å². The quantitative estimate of drug-likeness (QED) is 0.0262. The summed E-state index contributed by atoms with van der Waals surface area (Å²) in [5.74, 6) is -0.923. The first-order chi connectivity index (χ1) is 31.0. The van der Waals surface area contributed by atoms with Gasteiger partial charge in [0.15, 0.2) is 6.10 Å². The third kappa shape index (κ3) is 49.7. The van der Waals surface area contributed by atoms with Crippen LogP contribution in [0.2, 0.25) is 0 Å². The summed E-state index contributed by atoms with van der Waals surface area (Å²) < 4.78 is 16.8. The molecule has 6 nitrogen and oxygen atoms in total. The van der Waals surface area contributed by atoms with Crippen LogP contribution in [0, 0.1) is 0 Å². The summed E-state index contributed by atoms with van der Waals surface area (Å²) in [6.07, 6.45) is 64.6. The number of unbranched alkanes of at least 4 members (excludes halogenated alkanes) is 24. The van der Waals surface area contributed by atoms with Crippen LogP contribution in [0.1, 0.15) is 252 Å². The zero-order chi connectivity index (χ0) is 45.8. The number of carbonyl (C=O) groups excluding carboxylic acids is 3. The second-order valence-electron chi connectivity index (χ2n) is 17.4. The minimum atomic E-state index is -0.789. The molecule has 0 heterocycles. The maximum absolute atomic E-state index is 12.8. The standard InChI is InChI=1S/C57H98O6/c1-4-7-10-13-16-19-22-25-28-30-32-35-38-41-44-47-50-56(59)62-53-54(52-61-55(58)49-46-43-40-37-34-31-27-24-21-18-15-12-9-6-3)63-57(60)51-48-45-42-39-36-33-29-26-23-20-17-14-11-8-5-2/h7,9-10,12,16,18-19,21,25,28,32,35,54H,4-6,8,11,13-15,17,20,22-24,26-27,29-31,33-34,36-53H2,1-3H3/b10-7-,12-9-,19-16-,21-18-,28-25-,35-32-. The molecule has 63 heavy (non-hydrogen) atoms. The zero-order valence-electron chi connectivity index (χ0n) is 41.3. The molecule has 1 unspecified atom stereocenters. The van der Waals surface area contributed by atoms with Gasteiger partial charge in [-0.05, 0) is 83.5 Å². The Morgan fingerprint density at radius 1 is 0.333 bits per heavy atom. The van der Waals surface area contributed by atoms with Crippen molar-refractivity contribution < 1.29 is 28.6 Å². The van der Waals surface area contributed by atoms with Gasteiger partial charge < -0.3 is 14.2 Å². The molecule has 0 amide bonds. The summed E-state index contributed by atoms with van der Waals surface area (Å²) in [5, 5.41) is 0. The van der Waals surface area contributed by atoms with Gasteiger partial charge in [0.25, 0.3) is 0 Å². The molecule has 0 aliphatic heterocycles. The molecule has 0 saturated heterocycles. The first-order valence-corrected chi connectivity index (χ1v) is 26.4. The fourth-order valence-corrected chi connectivity index (χ4v) is 7.29.